The van der Waals surface area contributed by atoms with Crippen LogP contribution in [0, 0.1) is 10.1 Å². The Morgan fingerprint density at radius 2 is 2.00 bits per heavy atom. The van der Waals surface area contributed by atoms with Gasteiger partial charge in [-0.05, 0) is 38.1 Å². The van der Waals surface area contributed by atoms with Gasteiger partial charge in [-0.25, -0.2) is 4.79 Å². The van der Waals surface area contributed by atoms with E-state index < -0.39 is 16.2 Å². The number of fused-ring (bicyclic) bond motifs is 1. The highest BCUT2D eigenvalue weighted by molar-refractivity contribution is 5.94. The van der Waals surface area contributed by atoms with Gasteiger partial charge in [-0.2, -0.15) is 0 Å². The zero-order valence-corrected chi connectivity index (χ0v) is 12.1. The Kier molecular flexibility index (Phi) is 4.06. The Balaban J connectivity index is 1.92. The molecule has 7 heteroatoms. The van der Waals surface area contributed by atoms with Crippen LogP contribution >= 0.6 is 0 Å². The minimum Gasteiger partial charge on any atom is -0.418 e. The Labute approximate surface area is 126 Å². The number of nitrogens with one attached hydrogen (secondary N) is 1. The van der Waals surface area contributed by atoms with Crippen LogP contribution in [-0.4, -0.2) is 36.0 Å². The summed E-state index contributed by atoms with van der Waals surface area (Å²) >= 11 is 0. The van der Waals surface area contributed by atoms with Crippen LogP contribution in [0.4, 0.5) is 11.4 Å². The van der Waals surface area contributed by atoms with Crippen molar-refractivity contribution in [2.24, 2.45) is 0 Å². The van der Waals surface area contributed by atoms with Crippen molar-refractivity contribution in [1.82, 2.24) is 4.90 Å². The molecule has 22 heavy (non-hydrogen) atoms. The van der Waals surface area contributed by atoms with E-state index in [1.165, 1.54) is 12.8 Å². The average molecular weight is 303 g/mol. The summed E-state index contributed by atoms with van der Waals surface area (Å²) < 4.78 is 5.03. The number of nitrogens with zero attached hydrogens (tertiary/aromatic N) is 2. The maximum atomic E-state index is 11.9. The molecule has 0 saturated carbocycles. The molecule has 0 radical (unpaired) electrons. The summed E-state index contributed by atoms with van der Waals surface area (Å²) in [6, 6.07) is 6.83. The zero-order chi connectivity index (χ0) is 15.5. The molecule has 2 heterocycles. The Morgan fingerprint density at radius 1 is 1.27 bits per heavy atom. The van der Waals surface area contributed by atoms with Gasteiger partial charge in [0.1, 0.15) is 11.3 Å². The molecule has 0 atom stereocenters. The number of para-hydroxylation sites is 1. The van der Waals surface area contributed by atoms with E-state index in [-0.39, 0.29) is 5.69 Å². The lowest BCUT2D eigenvalue weighted by molar-refractivity contribution is -0.386. The fourth-order valence-corrected chi connectivity index (χ4v) is 2.83. The van der Waals surface area contributed by atoms with Gasteiger partial charge in [-0.15, -0.1) is 0 Å². The van der Waals surface area contributed by atoms with Crippen LogP contribution in [0.3, 0.4) is 0 Å². The third-order valence-electron chi connectivity index (χ3n) is 3.90. The van der Waals surface area contributed by atoms with Gasteiger partial charge in [0.25, 0.3) is 0 Å². The smallest absolute Gasteiger partial charge is 0.417 e. The molecule has 1 N–H and O–H groups in total. The molecule has 1 aliphatic heterocycles. The molecule has 0 amide bonds. The minimum absolute atomic E-state index is 0.246. The van der Waals surface area contributed by atoms with E-state index in [9.17, 15) is 14.9 Å². The van der Waals surface area contributed by atoms with Crippen LogP contribution in [0.15, 0.2) is 33.5 Å². The van der Waals surface area contributed by atoms with Gasteiger partial charge < -0.3 is 14.6 Å². The third-order valence-corrected chi connectivity index (χ3v) is 3.90. The number of hydrogen-bond donors (Lipinski definition) is 1. The summed E-state index contributed by atoms with van der Waals surface area (Å²) in [5.41, 5.74) is -0.856. The van der Waals surface area contributed by atoms with E-state index in [4.69, 9.17) is 4.42 Å². The second-order valence-corrected chi connectivity index (χ2v) is 5.34. The van der Waals surface area contributed by atoms with Gasteiger partial charge in [-0.1, -0.05) is 12.1 Å². The lowest BCUT2D eigenvalue weighted by atomic mass is 10.2. The van der Waals surface area contributed by atoms with Gasteiger partial charge >= 0.3 is 11.3 Å². The number of likely N-dealkylation sites (tertiary alicyclic amines) is 1. The summed E-state index contributed by atoms with van der Waals surface area (Å²) in [5, 5.41) is 14.8. The molecular weight excluding hydrogens is 286 g/mol. The summed E-state index contributed by atoms with van der Waals surface area (Å²) in [6.45, 7) is 3.46. The van der Waals surface area contributed by atoms with Crippen LogP contribution in [0.25, 0.3) is 11.0 Å². The molecule has 116 valence electrons. The molecule has 1 saturated heterocycles. The van der Waals surface area contributed by atoms with Crippen LogP contribution in [0.1, 0.15) is 12.8 Å². The Bertz CT molecular complexity index is 750. The van der Waals surface area contributed by atoms with Crippen LogP contribution in [0.2, 0.25) is 0 Å². The molecule has 7 nitrogen and oxygen atoms in total. The average Bonchev–Trinajstić information content (AvgIpc) is 2.99. The van der Waals surface area contributed by atoms with E-state index in [0.29, 0.717) is 17.5 Å². The molecule has 1 aromatic carbocycles. The van der Waals surface area contributed by atoms with Crippen LogP contribution in [0.5, 0.6) is 0 Å². The summed E-state index contributed by atoms with van der Waals surface area (Å²) in [7, 11) is 0. The standard InChI is InChI=1S/C15H17N3O4/c19-15-14(18(20)21)13(11-5-1-2-6-12(11)22-15)16-7-10-17-8-3-4-9-17/h1-2,5-6,16H,3-4,7-10H2. The fourth-order valence-electron chi connectivity index (χ4n) is 2.83. The van der Waals surface area contributed by atoms with Gasteiger partial charge in [0.2, 0.25) is 0 Å². The predicted octanol–water partition coefficient (Wildman–Crippen LogP) is 2.21. The molecule has 0 bridgehead atoms. The number of anilines is 1. The highest BCUT2D eigenvalue weighted by atomic mass is 16.6. The highest BCUT2D eigenvalue weighted by Gasteiger charge is 2.24. The quantitative estimate of drug-likeness (QED) is 0.517. The summed E-state index contributed by atoms with van der Waals surface area (Å²) in [6.07, 6.45) is 2.38. The number of benzene rings is 1. The van der Waals surface area contributed by atoms with Crippen molar-refractivity contribution in [1.29, 1.82) is 0 Å². The fraction of sp³-hybridized carbons (Fsp3) is 0.400. The van der Waals surface area contributed by atoms with Gasteiger partial charge in [0.05, 0.1) is 4.92 Å². The van der Waals surface area contributed by atoms with Crippen molar-refractivity contribution in [3.8, 4) is 0 Å². The van der Waals surface area contributed by atoms with Crippen molar-refractivity contribution in [2.45, 2.75) is 12.8 Å². The molecule has 1 fully saturated rings. The first-order valence-corrected chi connectivity index (χ1v) is 7.33. The molecule has 2 aromatic rings. The van der Waals surface area contributed by atoms with Gasteiger partial charge in [-0.3, -0.25) is 10.1 Å². The molecular formula is C15H17N3O4. The van der Waals surface area contributed by atoms with Crippen LogP contribution in [-0.2, 0) is 0 Å². The Hall–Kier alpha value is -2.41. The van der Waals surface area contributed by atoms with Crippen molar-refractivity contribution < 1.29 is 9.34 Å². The molecule has 0 aliphatic carbocycles. The first kappa shape index (κ1) is 14.5. The molecule has 3 rings (SSSR count). The first-order valence-electron chi connectivity index (χ1n) is 7.33. The van der Waals surface area contributed by atoms with Crippen LogP contribution < -0.4 is 10.9 Å². The van der Waals surface area contributed by atoms with Gasteiger partial charge in [0.15, 0.2) is 0 Å². The molecule has 0 unspecified atom stereocenters. The second kappa shape index (κ2) is 6.15. The van der Waals surface area contributed by atoms with E-state index in [1.807, 2.05) is 0 Å². The maximum Gasteiger partial charge on any atom is 0.417 e. The van der Waals surface area contributed by atoms with Crippen molar-refractivity contribution in [2.75, 3.05) is 31.5 Å². The van der Waals surface area contributed by atoms with E-state index in [2.05, 4.69) is 10.2 Å². The Morgan fingerprint density at radius 3 is 2.73 bits per heavy atom. The monoisotopic (exact) mass is 303 g/mol. The second-order valence-electron chi connectivity index (χ2n) is 5.34. The van der Waals surface area contributed by atoms with Crippen molar-refractivity contribution >= 4 is 22.3 Å². The highest BCUT2D eigenvalue weighted by Crippen LogP contribution is 2.29. The summed E-state index contributed by atoms with van der Waals surface area (Å²) in [5.74, 6) is 0. The van der Waals surface area contributed by atoms with E-state index in [0.717, 1.165) is 19.6 Å². The number of hydrogen-bond acceptors (Lipinski definition) is 6. The molecule has 1 aliphatic rings. The SMILES string of the molecule is O=c1oc2ccccc2c(NCCN2CCCC2)c1[N+](=O)[O-]. The van der Waals surface area contributed by atoms with Crippen molar-refractivity contribution in [3.63, 3.8) is 0 Å². The molecule has 0 spiro atoms. The zero-order valence-electron chi connectivity index (χ0n) is 12.1. The lowest BCUT2D eigenvalue weighted by Crippen LogP contribution is -2.26. The summed E-state index contributed by atoms with van der Waals surface area (Å²) in [4.78, 5) is 24.7. The topological polar surface area (TPSA) is 88.6 Å². The predicted molar refractivity (Wildman–Crippen MR) is 83.3 cm³/mol. The van der Waals surface area contributed by atoms with Gasteiger partial charge in [0, 0.05) is 18.5 Å². The first-order chi connectivity index (χ1) is 10.7. The lowest BCUT2D eigenvalue weighted by Gasteiger charge is -2.15. The van der Waals surface area contributed by atoms with E-state index >= 15 is 0 Å². The molecule has 1 aromatic heterocycles. The number of nitro groups is 1. The maximum absolute atomic E-state index is 11.9. The van der Waals surface area contributed by atoms with Crippen molar-refractivity contribution in [3.05, 3.63) is 44.8 Å². The normalized spacial score (nSPS) is 15.3. The largest absolute Gasteiger partial charge is 0.418 e. The number of rotatable bonds is 5. The minimum atomic E-state index is -0.924. The van der Waals surface area contributed by atoms with E-state index in [1.54, 1.807) is 24.3 Å². The third kappa shape index (κ3) is 2.80.